The molecule has 1 unspecified atom stereocenters. The van der Waals surface area contributed by atoms with E-state index in [1.807, 2.05) is 12.3 Å². The summed E-state index contributed by atoms with van der Waals surface area (Å²) in [6, 6.07) is 6.33. The number of rotatable bonds is 3. The van der Waals surface area contributed by atoms with Crippen molar-refractivity contribution in [2.24, 2.45) is 0 Å². The first-order chi connectivity index (χ1) is 9.81. The van der Waals surface area contributed by atoms with Crippen LogP contribution in [0.15, 0.2) is 36.8 Å². The van der Waals surface area contributed by atoms with Crippen molar-refractivity contribution in [2.45, 2.75) is 13.0 Å². The van der Waals surface area contributed by atoms with Gasteiger partial charge in [0.1, 0.15) is 5.82 Å². The number of nitrogens with zero attached hydrogens (tertiary/aromatic N) is 4. The van der Waals surface area contributed by atoms with E-state index in [-0.39, 0.29) is 0 Å². The summed E-state index contributed by atoms with van der Waals surface area (Å²) in [5.41, 5.74) is 1.15. The minimum Gasteiger partial charge on any atom is -0.367 e. The van der Waals surface area contributed by atoms with E-state index in [9.17, 15) is 0 Å². The number of aromatic nitrogens is 3. The summed E-state index contributed by atoms with van der Waals surface area (Å²) in [4.78, 5) is 15.0. The summed E-state index contributed by atoms with van der Waals surface area (Å²) >= 11 is 0. The van der Waals surface area contributed by atoms with Crippen LogP contribution in [0, 0.1) is 0 Å². The first kappa shape index (κ1) is 12.8. The molecule has 1 saturated heterocycles. The molecule has 0 spiro atoms. The van der Waals surface area contributed by atoms with Gasteiger partial charge in [0.15, 0.2) is 0 Å². The van der Waals surface area contributed by atoms with Crippen LogP contribution in [0.2, 0.25) is 0 Å². The first-order valence-corrected chi connectivity index (χ1v) is 6.80. The maximum absolute atomic E-state index is 4.42. The zero-order chi connectivity index (χ0) is 13.8. The number of nitrogens with one attached hydrogen (secondary N) is 2. The van der Waals surface area contributed by atoms with Crippen LogP contribution in [0.25, 0.3) is 0 Å². The number of anilines is 3. The van der Waals surface area contributed by atoms with Crippen molar-refractivity contribution in [1.29, 1.82) is 0 Å². The Balaban J connectivity index is 1.68. The average Bonchev–Trinajstić information content (AvgIpc) is 2.49. The molecule has 6 heteroatoms. The van der Waals surface area contributed by atoms with E-state index < -0.39 is 0 Å². The van der Waals surface area contributed by atoms with Crippen LogP contribution >= 0.6 is 0 Å². The summed E-state index contributed by atoms with van der Waals surface area (Å²) in [6.07, 6.45) is 5.29. The molecule has 0 bridgehead atoms. The third kappa shape index (κ3) is 3.03. The number of hydrogen-bond acceptors (Lipinski definition) is 6. The quantitative estimate of drug-likeness (QED) is 0.879. The molecule has 2 aromatic rings. The van der Waals surface area contributed by atoms with Crippen molar-refractivity contribution >= 4 is 17.5 Å². The smallest absolute Gasteiger partial charge is 0.228 e. The fourth-order valence-electron chi connectivity index (χ4n) is 2.29. The third-order valence-electron chi connectivity index (χ3n) is 3.29. The number of hydrogen-bond donors (Lipinski definition) is 2. The van der Waals surface area contributed by atoms with Crippen LogP contribution in [0.1, 0.15) is 6.92 Å². The second-order valence-electron chi connectivity index (χ2n) is 4.90. The maximum atomic E-state index is 4.42. The molecule has 0 saturated carbocycles. The van der Waals surface area contributed by atoms with Crippen molar-refractivity contribution in [3.63, 3.8) is 0 Å². The van der Waals surface area contributed by atoms with E-state index in [0.717, 1.165) is 31.1 Å². The largest absolute Gasteiger partial charge is 0.367 e. The molecule has 0 aromatic carbocycles. The Morgan fingerprint density at radius 3 is 2.80 bits per heavy atom. The standard InChI is InChI=1S/C14H18N6/c1-11-10-20(8-7-15-11)12-3-4-13(18-9-12)19-14-16-5-2-6-17-14/h2-6,9,11,15H,7-8,10H2,1H3,(H,16,17,18,19). The van der Waals surface area contributed by atoms with Crippen LogP contribution in [-0.2, 0) is 0 Å². The normalized spacial score (nSPS) is 18.9. The summed E-state index contributed by atoms with van der Waals surface area (Å²) in [6.45, 7) is 5.23. The van der Waals surface area contributed by atoms with Gasteiger partial charge >= 0.3 is 0 Å². The van der Waals surface area contributed by atoms with Gasteiger partial charge in [-0.05, 0) is 25.1 Å². The van der Waals surface area contributed by atoms with Gasteiger partial charge in [0.2, 0.25) is 5.95 Å². The highest BCUT2D eigenvalue weighted by molar-refractivity contribution is 5.53. The lowest BCUT2D eigenvalue weighted by Crippen LogP contribution is -2.49. The lowest BCUT2D eigenvalue weighted by Gasteiger charge is -2.33. The second-order valence-corrected chi connectivity index (χ2v) is 4.90. The molecule has 1 aliphatic rings. The molecular weight excluding hydrogens is 252 g/mol. The van der Waals surface area contributed by atoms with Gasteiger partial charge in [0, 0.05) is 38.1 Å². The van der Waals surface area contributed by atoms with Gasteiger partial charge in [-0.25, -0.2) is 15.0 Å². The SMILES string of the molecule is CC1CN(c2ccc(Nc3ncccn3)nc2)CCN1. The van der Waals surface area contributed by atoms with Crippen LogP contribution in [0.5, 0.6) is 0 Å². The van der Waals surface area contributed by atoms with Gasteiger partial charge in [-0.3, -0.25) is 0 Å². The van der Waals surface area contributed by atoms with E-state index in [1.165, 1.54) is 0 Å². The fourth-order valence-corrected chi connectivity index (χ4v) is 2.29. The molecule has 20 heavy (non-hydrogen) atoms. The van der Waals surface area contributed by atoms with Crippen molar-refractivity contribution in [3.8, 4) is 0 Å². The molecule has 0 radical (unpaired) electrons. The molecule has 3 rings (SSSR count). The van der Waals surface area contributed by atoms with E-state index in [4.69, 9.17) is 0 Å². The topological polar surface area (TPSA) is 66.0 Å². The molecule has 3 heterocycles. The van der Waals surface area contributed by atoms with Crippen molar-refractivity contribution in [2.75, 3.05) is 29.9 Å². The highest BCUT2D eigenvalue weighted by Gasteiger charge is 2.15. The predicted octanol–water partition coefficient (Wildman–Crippen LogP) is 1.41. The van der Waals surface area contributed by atoms with Gasteiger partial charge in [-0.1, -0.05) is 0 Å². The van der Waals surface area contributed by atoms with Crippen LogP contribution in [0.3, 0.4) is 0 Å². The van der Waals surface area contributed by atoms with Crippen molar-refractivity contribution in [3.05, 3.63) is 36.8 Å². The summed E-state index contributed by atoms with van der Waals surface area (Å²) in [5, 5.41) is 6.51. The molecule has 0 amide bonds. The Bertz CT molecular complexity index is 541. The van der Waals surface area contributed by atoms with Crippen molar-refractivity contribution in [1.82, 2.24) is 20.3 Å². The second kappa shape index (κ2) is 5.83. The molecule has 104 valence electrons. The fraction of sp³-hybridized carbons (Fsp3) is 0.357. The van der Waals surface area contributed by atoms with Crippen molar-refractivity contribution < 1.29 is 0 Å². The van der Waals surface area contributed by atoms with Crippen LogP contribution in [-0.4, -0.2) is 40.6 Å². The van der Waals surface area contributed by atoms with Gasteiger partial charge in [0.25, 0.3) is 0 Å². The highest BCUT2D eigenvalue weighted by Crippen LogP contribution is 2.18. The lowest BCUT2D eigenvalue weighted by atomic mass is 10.2. The lowest BCUT2D eigenvalue weighted by molar-refractivity contribution is 0.484. The Labute approximate surface area is 118 Å². The Hall–Kier alpha value is -2.21. The molecule has 1 fully saturated rings. The highest BCUT2D eigenvalue weighted by atomic mass is 15.2. The molecule has 2 aromatic heterocycles. The molecule has 0 aliphatic carbocycles. The average molecular weight is 270 g/mol. The molecule has 1 atom stereocenters. The number of pyridine rings is 1. The molecule has 2 N–H and O–H groups in total. The maximum Gasteiger partial charge on any atom is 0.228 e. The summed E-state index contributed by atoms with van der Waals surface area (Å²) in [5.74, 6) is 1.31. The zero-order valence-electron chi connectivity index (χ0n) is 11.5. The monoisotopic (exact) mass is 270 g/mol. The van der Waals surface area contributed by atoms with Gasteiger partial charge < -0.3 is 15.5 Å². The summed E-state index contributed by atoms with van der Waals surface area (Å²) < 4.78 is 0. The van der Waals surface area contributed by atoms with Gasteiger partial charge in [-0.15, -0.1) is 0 Å². The van der Waals surface area contributed by atoms with Gasteiger partial charge in [0.05, 0.1) is 11.9 Å². The Kier molecular flexibility index (Phi) is 3.73. The van der Waals surface area contributed by atoms with E-state index >= 15 is 0 Å². The Morgan fingerprint density at radius 2 is 2.10 bits per heavy atom. The predicted molar refractivity (Wildman–Crippen MR) is 79.2 cm³/mol. The minimum absolute atomic E-state index is 0.513. The third-order valence-corrected chi connectivity index (χ3v) is 3.29. The molecule has 1 aliphatic heterocycles. The Morgan fingerprint density at radius 1 is 1.25 bits per heavy atom. The zero-order valence-corrected chi connectivity index (χ0v) is 11.5. The molecule has 6 nitrogen and oxygen atoms in total. The van der Waals surface area contributed by atoms with Crippen LogP contribution in [0.4, 0.5) is 17.5 Å². The number of piperazine rings is 1. The minimum atomic E-state index is 0.513. The van der Waals surface area contributed by atoms with E-state index in [0.29, 0.717) is 12.0 Å². The van der Waals surface area contributed by atoms with E-state index in [1.54, 1.807) is 18.5 Å². The van der Waals surface area contributed by atoms with E-state index in [2.05, 4.69) is 43.5 Å². The van der Waals surface area contributed by atoms with Crippen LogP contribution < -0.4 is 15.5 Å². The molecular formula is C14H18N6. The van der Waals surface area contributed by atoms with Gasteiger partial charge in [-0.2, -0.15) is 0 Å². The first-order valence-electron chi connectivity index (χ1n) is 6.80. The summed E-state index contributed by atoms with van der Waals surface area (Å²) in [7, 11) is 0.